The largest absolute Gasteiger partial charge is 0.497 e. The molecule has 10 nitrogen and oxygen atoms in total. The van der Waals surface area contributed by atoms with Gasteiger partial charge in [0.25, 0.3) is 5.91 Å². The summed E-state index contributed by atoms with van der Waals surface area (Å²) in [6, 6.07) is 11.8. The van der Waals surface area contributed by atoms with E-state index in [1.165, 1.54) is 13.3 Å². The van der Waals surface area contributed by atoms with Gasteiger partial charge in [0.05, 0.1) is 20.4 Å². The molecule has 2 aromatic rings. The zero-order chi connectivity index (χ0) is 22.6. The van der Waals surface area contributed by atoms with Crippen LogP contribution in [0.5, 0.6) is 17.2 Å². The molecule has 3 N–H and O–H groups in total. The van der Waals surface area contributed by atoms with Gasteiger partial charge in [-0.15, -0.1) is 0 Å². The number of nitrogens with zero attached hydrogens (tertiary/aromatic N) is 1. The summed E-state index contributed by atoms with van der Waals surface area (Å²) in [5.41, 5.74) is 3.29. The van der Waals surface area contributed by atoms with Gasteiger partial charge in [0.1, 0.15) is 5.75 Å². The zero-order valence-corrected chi connectivity index (χ0v) is 17.4. The third-order valence-electron chi connectivity index (χ3n) is 3.82. The molecule has 2 rings (SSSR count). The number of methoxy groups -OCH3 is 2. The number of hydrogen-bond donors (Lipinski definition) is 3. The van der Waals surface area contributed by atoms with E-state index in [0.717, 1.165) is 0 Å². The van der Waals surface area contributed by atoms with Gasteiger partial charge >= 0.3 is 11.8 Å². The Bertz CT molecular complexity index is 961. The molecule has 0 aromatic heterocycles. The molecule has 164 valence electrons. The lowest BCUT2D eigenvalue weighted by atomic mass is 10.2. The Hall–Kier alpha value is -4.08. The summed E-state index contributed by atoms with van der Waals surface area (Å²) in [5, 5.41) is 8.81. The van der Waals surface area contributed by atoms with E-state index in [2.05, 4.69) is 21.2 Å². The van der Waals surface area contributed by atoms with E-state index in [9.17, 15) is 14.4 Å². The van der Waals surface area contributed by atoms with Crippen LogP contribution in [0.3, 0.4) is 0 Å². The Morgan fingerprint density at radius 3 is 2.52 bits per heavy atom. The Kier molecular flexibility index (Phi) is 8.84. The van der Waals surface area contributed by atoms with Gasteiger partial charge in [0.2, 0.25) is 0 Å². The Morgan fingerprint density at radius 2 is 1.81 bits per heavy atom. The fraction of sp³-hybridized carbons (Fsp3) is 0.238. The molecule has 3 amide bonds. The third kappa shape index (κ3) is 7.35. The van der Waals surface area contributed by atoms with Crippen molar-refractivity contribution in [2.75, 3.05) is 32.7 Å². The maximum atomic E-state index is 12.1. The molecular formula is C21H24N4O6. The number of rotatable bonds is 9. The Labute approximate surface area is 179 Å². The number of carbonyl (C=O) groups excluding carboxylic acids is 3. The lowest BCUT2D eigenvalue weighted by Gasteiger charge is -2.12. The maximum Gasteiger partial charge on any atom is 0.329 e. The van der Waals surface area contributed by atoms with Crippen LogP contribution in [0.4, 0.5) is 5.69 Å². The summed E-state index contributed by atoms with van der Waals surface area (Å²) in [4.78, 5) is 35.0. The van der Waals surface area contributed by atoms with Gasteiger partial charge in [0, 0.05) is 18.3 Å². The van der Waals surface area contributed by atoms with Crippen molar-refractivity contribution in [3.8, 4) is 17.2 Å². The number of ether oxygens (including phenoxy) is 3. The summed E-state index contributed by atoms with van der Waals surface area (Å²) in [6.07, 6.45) is 1.35. The first kappa shape index (κ1) is 23.2. The number of likely N-dealkylation sites (N-methyl/N-ethyl adjacent to an activating group) is 1. The minimum absolute atomic E-state index is 0.233. The topological polar surface area (TPSA) is 127 Å². The standard InChI is InChI=1S/C21H24N4O6/c1-4-22-20(27)21(28)25-23-12-14-8-9-17(18(10-14)30-3)31-13-19(26)24-15-6-5-7-16(11-15)29-2/h5-12H,4,13H2,1-3H3,(H,22,27)(H,24,26)(H,25,28)/b23-12-. The van der Waals surface area contributed by atoms with Crippen LogP contribution in [0.25, 0.3) is 0 Å². The SMILES string of the molecule is CCNC(=O)C(=O)N/N=C\c1ccc(OCC(=O)Nc2cccc(OC)c2)c(OC)c1. The minimum Gasteiger partial charge on any atom is -0.497 e. The molecule has 0 aliphatic carbocycles. The summed E-state index contributed by atoms with van der Waals surface area (Å²) in [6.45, 7) is 1.81. The van der Waals surface area contributed by atoms with E-state index >= 15 is 0 Å². The number of carbonyl (C=O) groups is 3. The second-order valence-corrected chi connectivity index (χ2v) is 6.04. The molecule has 10 heteroatoms. The average Bonchev–Trinajstić information content (AvgIpc) is 2.78. The van der Waals surface area contributed by atoms with Crippen molar-refractivity contribution in [2.45, 2.75) is 6.92 Å². The highest BCUT2D eigenvalue weighted by molar-refractivity contribution is 6.35. The maximum absolute atomic E-state index is 12.1. The molecule has 0 unspecified atom stereocenters. The van der Waals surface area contributed by atoms with Gasteiger partial charge in [-0.1, -0.05) is 6.07 Å². The monoisotopic (exact) mass is 428 g/mol. The fourth-order valence-corrected chi connectivity index (χ4v) is 2.38. The highest BCUT2D eigenvalue weighted by atomic mass is 16.5. The number of nitrogens with one attached hydrogen (secondary N) is 3. The van der Waals surface area contributed by atoms with Gasteiger partial charge in [-0.3, -0.25) is 14.4 Å². The van der Waals surface area contributed by atoms with Crippen molar-refractivity contribution in [1.29, 1.82) is 0 Å². The van der Waals surface area contributed by atoms with E-state index < -0.39 is 11.8 Å². The predicted molar refractivity (Wildman–Crippen MR) is 115 cm³/mol. The molecular weight excluding hydrogens is 404 g/mol. The highest BCUT2D eigenvalue weighted by Gasteiger charge is 2.11. The normalized spacial score (nSPS) is 10.3. The molecule has 2 aromatic carbocycles. The van der Waals surface area contributed by atoms with Crippen molar-refractivity contribution < 1.29 is 28.6 Å². The third-order valence-corrected chi connectivity index (χ3v) is 3.82. The first-order chi connectivity index (χ1) is 15.0. The quantitative estimate of drug-likeness (QED) is 0.314. The lowest BCUT2D eigenvalue weighted by molar-refractivity contribution is -0.139. The van der Waals surface area contributed by atoms with E-state index in [-0.39, 0.29) is 12.5 Å². The molecule has 0 saturated carbocycles. The van der Waals surface area contributed by atoms with Crippen LogP contribution in [-0.2, 0) is 14.4 Å². The van der Waals surface area contributed by atoms with Gasteiger partial charge in [-0.2, -0.15) is 5.10 Å². The van der Waals surface area contributed by atoms with E-state index in [0.29, 0.717) is 35.0 Å². The first-order valence-corrected chi connectivity index (χ1v) is 9.32. The van der Waals surface area contributed by atoms with Crippen molar-refractivity contribution in [3.05, 3.63) is 48.0 Å². The second-order valence-electron chi connectivity index (χ2n) is 6.04. The van der Waals surface area contributed by atoms with Crippen LogP contribution in [0, 0.1) is 0 Å². The molecule has 0 radical (unpaired) electrons. The highest BCUT2D eigenvalue weighted by Crippen LogP contribution is 2.27. The number of benzene rings is 2. The molecule has 0 heterocycles. The molecule has 0 fully saturated rings. The van der Waals surface area contributed by atoms with Crippen molar-refractivity contribution in [1.82, 2.24) is 10.7 Å². The van der Waals surface area contributed by atoms with Crippen LogP contribution >= 0.6 is 0 Å². The van der Waals surface area contributed by atoms with Gasteiger partial charge in [0.15, 0.2) is 18.1 Å². The molecule has 0 spiro atoms. The predicted octanol–water partition coefficient (Wildman–Crippen LogP) is 1.31. The van der Waals surface area contributed by atoms with Crippen molar-refractivity contribution >= 4 is 29.6 Å². The van der Waals surface area contributed by atoms with Crippen molar-refractivity contribution in [3.63, 3.8) is 0 Å². The molecule has 0 aliphatic heterocycles. The average molecular weight is 428 g/mol. The number of hydrogen-bond acceptors (Lipinski definition) is 7. The van der Waals surface area contributed by atoms with Crippen LogP contribution in [0.2, 0.25) is 0 Å². The van der Waals surface area contributed by atoms with E-state index in [4.69, 9.17) is 14.2 Å². The summed E-state index contributed by atoms with van der Waals surface area (Å²) in [5.74, 6) is -0.644. The summed E-state index contributed by atoms with van der Waals surface area (Å²) >= 11 is 0. The fourth-order valence-electron chi connectivity index (χ4n) is 2.38. The van der Waals surface area contributed by atoms with Crippen LogP contribution in [-0.4, -0.2) is 51.3 Å². The molecule has 0 saturated heterocycles. The first-order valence-electron chi connectivity index (χ1n) is 9.32. The Morgan fingerprint density at radius 1 is 1.00 bits per heavy atom. The van der Waals surface area contributed by atoms with Gasteiger partial charge < -0.3 is 24.8 Å². The number of amides is 3. The van der Waals surface area contributed by atoms with Crippen LogP contribution in [0.1, 0.15) is 12.5 Å². The van der Waals surface area contributed by atoms with Crippen molar-refractivity contribution in [2.24, 2.45) is 5.10 Å². The van der Waals surface area contributed by atoms with Crippen LogP contribution in [0.15, 0.2) is 47.6 Å². The van der Waals surface area contributed by atoms with Gasteiger partial charge in [-0.05, 0) is 42.8 Å². The molecule has 0 bridgehead atoms. The van der Waals surface area contributed by atoms with E-state index in [1.807, 2.05) is 0 Å². The summed E-state index contributed by atoms with van der Waals surface area (Å²) < 4.78 is 15.9. The van der Waals surface area contributed by atoms with E-state index in [1.54, 1.807) is 56.5 Å². The lowest BCUT2D eigenvalue weighted by Crippen LogP contribution is -2.37. The molecule has 31 heavy (non-hydrogen) atoms. The van der Waals surface area contributed by atoms with Gasteiger partial charge in [-0.25, -0.2) is 5.43 Å². The molecule has 0 aliphatic rings. The Balaban J connectivity index is 1.93. The second kappa shape index (κ2) is 11.8. The smallest absolute Gasteiger partial charge is 0.329 e. The van der Waals surface area contributed by atoms with Crippen LogP contribution < -0.4 is 30.3 Å². The zero-order valence-electron chi connectivity index (χ0n) is 17.4. The minimum atomic E-state index is -0.868. The number of anilines is 1. The molecule has 0 atom stereocenters. The number of hydrazone groups is 1. The summed E-state index contributed by atoms with van der Waals surface area (Å²) in [7, 11) is 3.00.